The first-order chi connectivity index (χ1) is 8.65. The molecule has 1 unspecified atom stereocenters. The molecule has 1 rings (SSSR count). The maximum atomic E-state index is 12.3. The van der Waals surface area contributed by atoms with Crippen molar-refractivity contribution in [2.75, 3.05) is 13.1 Å². The minimum absolute atomic E-state index is 0.0299. The fraction of sp³-hybridized carbons (Fsp3) is 0.538. The first-order valence-electron chi connectivity index (χ1n) is 6.12. The van der Waals surface area contributed by atoms with Crippen molar-refractivity contribution in [2.24, 2.45) is 5.73 Å². The summed E-state index contributed by atoms with van der Waals surface area (Å²) in [5.74, 6) is 0.228. The maximum absolute atomic E-state index is 12.3. The molecule has 18 heavy (non-hydrogen) atoms. The molecule has 0 radical (unpaired) electrons. The average Bonchev–Trinajstić information content (AvgIpc) is 2.34. The normalized spacial score (nSPS) is 12.7. The highest BCUT2D eigenvalue weighted by molar-refractivity contribution is 5.35. The van der Waals surface area contributed by atoms with Crippen molar-refractivity contribution < 1.29 is 13.5 Å². The molecule has 0 saturated heterocycles. The van der Waals surface area contributed by atoms with Crippen molar-refractivity contribution in [1.82, 2.24) is 5.32 Å². The van der Waals surface area contributed by atoms with Gasteiger partial charge in [0, 0.05) is 11.6 Å². The van der Waals surface area contributed by atoms with Gasteiger partial charge < -0.3 is 15.8 Å². The molecule has 0 aliphatic rings. The van der Waals surface area contributed by atoms with Crippen LogP contribution in [0.2, 0.25) is 0 Å². The smallest absolute Gasteiger partial charge is 0.387 e. The Labute approximate surface area is 106 Å². The van der Waals surface area contributed by atoms with Crippen LogP contribution in [-0.4, -0.2) is 19.7 Å². The molecule has 3 nitrogen and oxygen atoms in total. The van der Waals surface area contributed by atoms with Gasteiger partial charge in [-0.2, -0.15) is 8.78 Å². The second kappa shape index (κ2) is 8.00. The molecule has 0 bridgehead atoms. The van der Waals surface area contributed by atoms with Crippen molar-refractivity contribution in [3.63, 3.8) is 0 Å². The third-order valence-corrected chi connectivity index (χ3v) is 2.68. The third kappa shape index (κ3) is 4.98. The summed E-state index contributed by atoms with van der Waals surface area (Å²) in [5.41, 5.74) is 6.15. The molecule has 1 aromatic rings. The predicted octanol–water partition coefficient (Wildman–Crippen LogP) is 2.68. The van der Waals surface area contributed by atoms with E-state index in [0.717, 1.165) is 24.9 Å². The molecule has 0 heterocycles. The Kier molecular flexibility index (Phi) is 6.60. The Hall–Kier alpha value is -1.20. The number of nitrogens with two attached hydrogens (primary N) is 1. The van der Waals surface area contributed by atoms with Gasteiger partial charge in [0.05, 0.1) is 0 Å². The molecule has 0 aliphatic carbocycles. The Bertz CT molecular complexity index is 348. The van der Waals surface area contributed by atoms with Crippen LogP contribution in [0.5, 0.6) is 5.75 Å². The topological polar surface area (TPSA) is 47.3 Å². The molecule has 0 aliphatic heterocycles. The van der Waals surface area contributed by atoms with Gasteiger partial charge in [0.15, 0.2) is 0 Å². The van der Waals surface area contributed by atoms with Crippen LogP contribution in [-0.2, 0) is 0 Å². The summed E-state index contributed by atoms with van der Waals surface area (Å²) in [6.45, 7) is 0.606. The van der Waals surface area contributed by atoms with Gasteiger partial charge in [-0.05, 0) is 38.9 Å². The number of rotatable bonds is 8. The zero-order valence-electron chi connectivity index (χ0n) is 10.5. The Morgan fingerprint density at radius 3 is 2.67 bits per heavy atom. The van der Waals surface area contributed by atoms with E-state index < -0.39 is 6.61 Å². The van der Waals surface area contributed by atoms with Crippen molar-refractivity contribution in [3.05, 3.63) is 29.8 Å². The minimum Gasteiger partial charge on any atom is -0.434 e. The van der Waals surface area contributed by atoms with E-state index in [4.69, 9.17) is 5.73 Å². The fourth-order valence-electron chi connectivity index (χ4n) is 1.74. The number of unbranched alkanes of at least 4 members (excludes halogenated alkanes) is 1. The van der Waals surface area contributed by atoms with Crippen LogP contribution in [0.4, 0.5) is 8.78 Å². The molecular weight excluding hydrogens is 238 g/mol. The lowest BCUT2D eigenvalue weighted by atomic mass is 10.1. The lowest BCUT2D eigenvalue weighted by Gasteiger charge is -2.18. The predicted molar refractivity (Wildman–Crippen MR) is 67.8 cm³/mol. The average molecular weight is 258 g/mol. The zero-order valence-corrected chi connectivity index (χ0v) is 10.5. The minimum atomic E-state index is -2.80. The van der Waals surface area contributed by atoms with E-state index in [1.807, 2.05) is 13.0 Å². The maximum Gasteiger partial charge on any atom is 0.387 e. The zero-order chi connectivity index (χ0) is 13.4. The summed E-state index contributed by atoms with van der Waals surface area (Å²) in [7, 11) is 0. The fourth-order valence-corrected chi connectivity index (χ4v) is 1.74. The highest BCUT2D eigenvalue weighted by Crippen LogP contribution is 2.26. The molecule has 0 spiro atoms. The Balaban J connectivity index is 2.57. The molecule has 3 N–H and O–H groups in total. The van der Waals surface area contributed by atoms with Gasteiger partial charge in [0.25, 0.3) is 0 Å². The van der Waals surface area contributed by atoms with E-state index in [1.165, 1.54) is 0 Å². The Morgan fingerprint density at radius 2 is 2.00 bits per heavy atom. The van der Waals surface area contributed by atoms with Crippen molar-refractivity contribution >= 4 is 0 Å². The van der Waals surface area contributed by atoms with Crippen molar-refractivity contribution in [3.8, 4) is 5.75 Å². The lowest BCUT2D eigenvalue weighted by molar-refractivity contribution is -0.0506. The summed E-state index contributed by atoms with van der Waals surface area (Å²) < 4.78 is 29.0. The number of halogens is 2. The number of hydrogen-bond donors (Lipinski definition) is 2. The third-order valence-electron chi connectivity index (χ3n) is 2.68. The van der Waals surface area contributed by atoms with Gasteiger partial charge in [0.1, 0.15) is 5.75 Å². The molecular formula is C13H20F2N2O. The first-order valence-corrected chi connectivity index (χ1v) is 6.12. The quantitative estimate of drug-likeness (QED) is 0.705. The van der Waals surface area contributed by atoms with Gasteiger partial charge in [-0.1, -0.05) is 18.2 Å². The number of hydrogen-bond acceptors (Lipinski definition) is 3. The second-order valence-corrected chi connectivity index (χ2v) is 4.09. The summed E-state index contributed by atoms with van der Waals surface area (Å²) in [4.78, 5) is 0. The number of alkyl halides is 2. The van der Waals surface area contributed by atoms with E-state index >= 15 is 0 Å². The molecule has 0 aromatic heterocycles. The van der Waals surface area contributed by atoms with Crippen LogP contribution < -0.4 is 15.8 Å². The monoisotopic (exact) mass is 258 g/mol. The number of benzene rings is 1. The molecule has 0 saturated carbocycles. The van der Waals surface area contributed by atoms with E-state index in [2.05, 4.69) is 10.1 Å². The number of ether oxygens (including phenoxy) is 1. The second-order valence-electron chi connectivity index (χ2n) is 4.09. The van der Waals surface area contributed by atoms with Crippen LogP contribution in [0.25, 0.3) is 0 Å². The van der Waals surface area contributed by atoms with Gasteiger partial charge in [-0.25, -0.2) is 0 Å². The van der Waals surface area contributed by atoms with Crippen LogP contribution in [0.1, 0.15) is 31.4 Å². The Morgan fingerprint density at radius 1 is 1.28 bits per heavy atom. The first kappa shape index (κ1) is 14.9. The summed E-state index contributed by atoms with van der Waals surface area (Å²) in [6, 6.07) is 6.81. The molecule has 0 amide bonds. The van der Waals surface area contributed by atoms with Gasteiger partial charge in [0.2, 0.25) is 0 Å². The van der Waals surface area contributed by atoms with Gasteiger partial charge >= 0.3 is 6.61 Å². The van der Waals surface area contributed by atoms with Gasteiger partial charge in [-0.15, -0.1) is 0 Å². The summed E-state index contributed by atoms with van der Waals surface area (Å²) in [5, 5.41) is 3.27. The highest BCUT2D eigenvalue weighted by Gasteiger charge is 2.13. The summed E-state index contributed by atoms with van der Waals surface area (Å²) >= 11 is 0. The van der Waals surface area contributed by atoms with Gasteiger partial charge in [-0.3, -0.25) is 0 Å². The van der Waals surface area contributed by atoms with E-state index in [1.54, 1.807) is 18.2 Å². The number of nitrogens with one attached hydrogen (secondary N) is 1. The molecule has 1 aromatic carbocycles. The van der Waals surface area contributed by atoms with Crippen LogP contribution in [0, 0.1) is 0 Å². The van der Waals surface area contributed by atoms with E-state index in [0.29, 0.717) is 6.54 Å². The van der Waals surface area contributed by atoms with Crippen LogP contribution in [0.15, 0.2) is 24.3 Å². The molecule has 102 valence electrons. The van der Waals surface area contributed by atoms with Crippen molar-refractivity contribution in [1.29, 1.82) is 0 Å². The standard InChI is InChI=1S/C13H20F2N2O/c1-10(17-9-5-4-8-16)11-6-2-3-7-12(11)18-13(14)15/h2-3,6-7,10,13,17H,4-5,8-9,16H2,1H3. The number of para-hydroxylation sites is 1. The largest absolute Gasteiger partial charge is 0.434 e. The van der Waals surface area contributed by atoms with Crippen LogP contribution >= 0.6 is 0 Å². The molecule has 1 atom stereocenters. The molecule has 0 fully saturated rings. The lowest BCUT2D eigenvalue weighted by Crippen LogP contribution is -2.21. The SMILES string of the molecule is CC(NCCCCN)c1ccccc1OC(F)F. The molecule has 5 heteroatoms. The van der Waals surface area contributed by atoms with E-state index in [9.17, 15) is 8.78 Å². The van der Waals surface area contributed by atoms with Crippen LogP contribution in [0.3, 0.4) is 0 Å². The van der Waals surface area contributed by atoms with E-state index in [-0.39, 0.29) is 11.8 Å². The van der Waals surface area contributed by atoms with Crippen molar-refractivity contribution in [2.45, 2.75) is 32.4 Å². The summed E-state index contributed by atoms with van der Waals surface area (Å²) in [6.07, 6.45) is 1.92. The highest BCUT2D eigenvalue weighted by atomic mass is 19.3.